The van der Waals surface area contributed by atoms with Crippen LogP contribution in [0.1, 0.15) is 31.9 Å². The third-order valence-corrected chi connectivity index (χ3v) is 6.62. The van der Waals surface area contributed by atoms with Crippen LogP contribution in [0, 0.1) is 5.92 Å². The van der Waals surface area contributed by atoms with Crippen molar-refractivity contribution in [1.29, 1.82) is 0 Å². The fourth-order valence-electron chi connectivity index (χ4n) is 3.72. The number of aromatic nitrogens is 1. The Morgan fingerprint density at radius 1 is 1.21 bits per heavy atom. The smallest absolute Gasteiger partial charge is 0.346 e. The Balaban J connectivity index is 1.77. The minimum atomic E-state index is -4.61. The molecule has 1 aliphatic heterocycles. The molecule has 2 heterocycles. The average molecular weight is 505 g/mol. The van der Waals surface area contributed by atoms with Crippen molar-refractivity contribution in [3.8, 4) is 11.3 Å². The highest BCUT2D eigenvalue weighted by Gasteiger charge is 2.43. The van der Waals surface area contributed by atoms with E-state index in [4.69, 9.17) is 11.9 Å². The zero-order chi connectivity index (χ0) is 24.2. The Hall–Kier alpha value is -1.88. The van der Waals surface area contributed by atoms with Crippen LogP contribution >= 0.6 is 23.2 Å². The number of carbonyl (C=O) groups excluding carboxylic acids is 1. The van der Waals surface area contributed by atoms with E-state index < -0.39 is 24.2 Å². The van der Waals surface area contributed by atoms with Crippen LogP contribution in [0.5, 0.6) is 0 Å². The van der Waals surface area contributed by atoms with Crippen molar-refractivity contribution >= 4 is 34.3 Å². The van der Waals surface area contributed by atoms with Crippen LogP contribution in [-0.4, -0.2) is 61.3 Å². The number of rotatable bonds is 8. The maximum Gasteiger partial charge on any atom is 0.407 e. The van der Waals surface area contributed by atoms with Crippen LogP contribution in [0.25, 0.3) is 11.3 Å². The van der Waals surface area contributed by atoms with Gasteiger partial charge < -0.3 is 14.1 Å². The second-order valence-electron chi connectivity index (χ2n) is 8.65. The van der Waals surface area contributed by atoms with Gasteiger partial charge in [-0.1, -0.05) is 38.1 Å². The molecule has 1 aromatic heterocycles. The monoisotopic (exact) mass is 504 g/mol. The van der Waals surface area contributed by atoms with Gasteiger partial charge in [-0.15, -0.1) is 11.3 Å². The molecule has 6 nitrogen and oxygen atoms in total. The summed E-state index contributed by atoms with van der Waals surface area (Å²) in [6.07, 6.45) is -4.46. The third-order valence-electron chi connectivity index (χ3n) is 5.57. The number of anilines is 1. The lowest BCUT2D eigenvalue weighted by atomic mass is 9.99. The Morgan fingerprint density at radius 3 is 2.39 bits per heavy atom. The number of benzene rings is 1. The Kier molecular flexibility index (Phi) is 8.60. The molecule has 182 valence electrons. The fourth-order valence-corrected chi connectivity index (χ4v) is 4.72. The lowest BCUT2D eigenvalue weighted by molar-refractivity contribution is -0.163. The van der Waals surface area contributed by atoms with Crippen molar-refractivity contribution in [2.45, 2.75) is 38.5 Å². The van der Waals surface area contributed by atoms with E-state index in [0.29, 0.717) is 0 Å². The first-order valence-corrected chi connectivity index (χ1v) is 11.9. The summed E-state index contributed by atoms with van der Waals surface area (Å²) in [5.74, 6) is -0.969. The number of halogens is 4. The summed E-state index contributed by atoms with van der Waals surface area (Å²) in [5.41, 5.74) is 1.45. The predicted molar refractivity (Wildman–Crippen MR) is 124 cm³/mol. The van der Waals surface area contributed by atoms with Crippen molar-refractivity contribution in [3.63, 3.8) is 0 Å². The Bertz CT molecular complexity index is 915. The molecule has 0 unspecified atom stereocenters. The van der Waals surface area contributed by atoms with Gasteiger partial charge in [0.2, 0.25) is 0 Å². The summed E-state index contributed by atoms with van der Waals surface area (Å²) in [5, 5.41) is 5.22. The average Bonchev–Trinajstić information content (AvgIpc) is 3.26. The van der Waals surface area contributed by atoms with E-state index in [1.54, 1.807) is 26.0 Å². The molecule has 1 N–H and O–H groups in total. The second-order valence-corrected chi connectivity index (χ2v) is 9.64. The van der Waals surface area contributed by atoms with Crippen LogP contribution in [0.15, 0.2) is 29.6 Å². The molecular formula is C22H28ClF3N4O2S. The first kappa shape index (κ1) is 25.7. The minimum Gasteiger partial charge on any atom is -0.346 e. The molecule has 3 rings (SSSR count). The first-order valence-electron chi connectivity index (χ1n) is 10.7. The number of hydrogen-bond donors (Lipinski definition) is 1. The van der Waals surface area contributed by atoms with Crippen molar-refractivity contribution in [2.75, 3.05) is 38.1 Å². The van der Waals surface area contributed by atoms with E-state index in [1.165, 1.54) is 23.5 Å². The first-order chi connectivity index (χ1) is 15.6. The van der Waals surface area contributed by atoms with Gasteiger partial charge in [0.05, 0.1) is 5.69 Å². The second kappa shape index (κ2) is 11.0. The highest BCUT2D eigenvalue weighted by molar-refractivity contribution is 7.14. The van der Waals surface area contributed by atoms with E-state index in [2.05, 4.69) is 31.4 Å². The summed E-state index contributed by atoms with van der Waals surface area (Å²) in [4.78, 5) is 21.1. The van der Waals surface area contributed by atoms with Crippen LogP contribution < -0.4 is 10.2 Å². The quantitative estimate of drug-likeness (QED) is 0.553. The molecule has 0 bridgehead atoms. The maximum atomic E-state index is 13.9. The van der Waals surface area contributed by atoms with Crippen LogP contribution in [0.4, 0.5) is 18.3 Å². The molecule has 0 aliphatic carbocycles. The summed E-state index contributed by atoms with van der Waals surface area (Å²) in [6.45, 7) is 7.32. The lowest BCUT2D eigenvalue weighted by Crippen LogP contribution is -2.45. The van der Waals surface area contributed by atoms with E-state index >= 15 is 0 Å². The summed E-state index contributed by atoms with van der Waals surface area (Å²) < 4.78 is 45.8. The molecule has 1 fully saturated rings. The van der Waals surface area contributed by atoms with E-state index in [-0.39, 0.29) is 17.9 Å². The highest BCUT2D eigenvalue weighted by Crippen LogP contribution is 2.35. The number of hydrogen-bond acceptors (Lipinski definition) is 7. The van der Waals surface area contributed by atoms with Gasteiger partial charge in [0.25, 0.3) is 0 Å². The maximum absolute atomic E-state index is 13.9. The molecule has 1 saturated heterocycles. The molecule has 0 spiro atoms. The van der Waals surface area contributed by atoms with Gasteiger partial charge in [-0.05, 0) is 24.9 Å². The van der Waals surface area contributed by atoms with E-state index in [1.807, 2.05) is 5.38 Å². The SMILES string of the molecule is CC(C)C[C@H](N[C@@H](c1ccc(-c2csc(N3CCN(C)CC3)n2)cc1)C(F)(F)F)C(=O)OCl. The molecular weight excluding hydrogens is 477 g/mol. The number of carbonyl (C=O) groups is 1. The lowest BCUT2D eigenvalue weighted by Gasteiger charge is -2.32. The van der Waals surface area contributed by atoms with E-state index in [9.17, 15) is 18.0 Å². The van der Waals surface area contributed by atoms with Gasteiger partial charge in [-0.2, -0.15) is 13.2 Å². The molecule has 0 amide bonds. The van der Waals surface area contributed by atoms with Gasteiger partial charge in [0.15, 0.2) is 5.13 Å². The van der Waals surface area contributed by atoms with Gasteiger partial charge in [0, 0.05) is 37.1 Å². The number of likely N-dealkylation sites (N-methyl/N-ethyl adjacent to an activating group) is 1. The number of alkyl halides is 3. The standard InChI is InChI=1S/C22H28ClF3N4O2S/c1-14(2)12-17(20(31)32-23)27-19(22(24,25)26)16-6-4-15(5-7-16)18-13-33-21(28-18)30-10-8-29(3)9-11-30/h4-7,13-14,17,19,27H,8-12H2,1-3H3/t17-,19-/m0/s1. The van der Waals surface area contributed by atoms with Crippen LogP contribution in [-0.2, 0) is 9.08 Å². The molecule has 11 heteroatoms. The Morgan fingerprint density at radius 2 is 1.85 bits per heavy atom. The summed E-state index contributed by atoms with van der Waals surface area (Å²) in [6, 6.07) is 2.84. The van der Waals surface area contributed by atoms with Crippen LogP contribution in [0.3, 0.4) is 0 Å². The van der Waals surface area contributed by atoms with Gasteiger partial charge >= 0.3 is 12.1 Å². The summed E-state index contributed by atoms with van der Waals surface area (Å²) in [7, 11) is 2.08. The number of thiazole rings is 1. The molecule has 1 aromatic carbocycles. The minimum absolute atomic E-state index is 0.00287. The van der Waals surface area contributed by atoms with Crippen molar-refractivity contribution in [3.05, 3.63) is 35.2 Å². The molecule has 0 saturated carbocycles. The zero-order valence-electron chi connectivity index (χ0n) is 18.7. The van der Waals surface area contributed by atoms with Gasteiger partial charge in [-0.3, -0.25) is 5.32 Å². The van der Waals surface area contributed by atoms with E-state index in [0.717, 1.165) is 42.6 Å². The zero-order valence-corrected chi connectivity index (χ0v) is 20.3. The van der Waals surface area contributed by atoms with Crippen LogP contribution in [0.2, 0.25) is 0 Å². The summed E-state index contributed by atoms with van der Waals surface area (Å²) >= 11 is 6.67. The number of piperazine rings is 1. The van der Waals surface area contributed by atoms with Crippen molar-refractivity contribution in [2.24, 2.45) is 5.92 Å². The topological polar surface area (TPSA) is 57.7 Å². The van der Waals surface area contributed by atoms with Gasteiger partial charge in [0.1, 0.15) is 23.9 Å². The highest BCUT2D eigenvalue weighted by atomic mass is 35.5. The fraction of sp³-hybridized carbons (Fsp3) is 0.545. The van der Waals surface area contributed by atoms with Crippen molar-refractivity contribution in [1.82, 2.24) is 15.2 Å². The normalized spacial score (nSPS) is 17.3. The Labute approximate surface area is 200 Å². The van der Waals surface area contributed by atoms with Crippen molar-refractivity contribution < 1.29 is 22.3 Å². The molecule has 0 radical (unpaired) electrons. The molecule has 33 heavy (non-hydrogen) atoms. The predicted octanol–water partition coefficient (Wildman–Crippen LogP) is 4.87. The molecule has 2 aromatic rings. The molecule has 1 aliphatic rings. The number of nitrogens with zero attached hydrogens (tertiary/aromatic N) is 3. The third kappa shape index (κ3) is 6.81. The molecule has 2 atom stereocenters. The number of nitrogens with one attached hydrogen (secondary N) is 1. The largest absolute Gasteiger partial charge is 0.407 e. The van der Waals surface area contributed by atoms with Gasteiger partial charge in [-0.25, -0.2) is 9.78 Å².